The molecule has 0 bridgehead atoms. The van der Waals surface area contributed by atoms with Gasteiger partial charge in [0.1, 0.15) is 0 Å². The number of nitrogens with one attached hydrogen (secondary N) is 2. The van der Waals surface area contributed by atoms with Crippen LogP contribution in [0.25, 0.3) is 0 Å². The first-order valence-corrected chi connectivity index (χ1v) is 11.5. The molecular weight excluding hydrogens is 436 g/mol. The third-order valence-electron chi connectivity index (χ3n) is 3.57. The highest BCUT2D eigenvalue weighted by atomic mass is 79.9. The van der Waals surface area contributed by atoms with Crippen molar-refractivity contribution in [1.82, 2.24) is 0 Å². The van der Waals surface area contributed by atoms with Crippen LogP contribution in [-0.2, 0) is 14.8 Å². The van der Waals surface area contributed by atoms with E-state index in [0.29, 0.717) is 23.5 Å². The van der Waals surface area contributed by atoms with Gasteiger partial charge in [-0.2, -0.15) is 0 Å². The molecule has 0 aliphatic rings. The number of sulfonamides is 1. The van der Waals surface area contributed by atoms with Gasteiger partial charge >= 0.3 is 0 Å². The Bertz CT molecular complexity index is 869. The molecule has 0 heterocycles. The Hall–Kier alpha value is -1.51. The Labute approximate surface area is 167 Å². The lowest BCUT2D eigenvalue weighted by atomic mass is 10.2. The number of benzene rings is 2. The van der Waals surface area contributed by atoms with Gasteiger partial charge in [-0.15, -0.1) is 11.8 Å². The Morgan fingerprint density at radius 1 is 1.15 bits per heavy atom. The number of amides is 1. The van der Waals surface area contributed by atoms with Gasteiger partial charge in [0, 0.05) is 27.2 Å². The third-order valence-corrected chi connectivity index (χ3v) is 6.40. The number of hydrogen-bond acceptors (Lipinski definition) is 4. The lowest BCUT2D eigenvalue weighted by molar-refractivity contribution is -0.115. The van der Waals surface area contributed by atoms with E-state index in [1.165, 1.54) is 0 Å². The minimum Gasteiger partial charge on any atom is -0.326 e. The largest absolute Gasteiger partial charge is 0.326 e. The molecule has 0 aliphatic carbocycles. The lowest BCUT2D eigenvalue weighted by Gasteiger charge is -2.11. The first kappa shape index (κ1) is 20.8. The number of carbonyl (C=O) groups excluding carboxylic acids is 1. The Morgan fingerprint density at radius 3 is 2.46 bits per heavy atom. The second-order valence-electron chi connectivity index (χ2n) is 5.64. The molecule has 2 N–H and O–H groups in total. The molecule has 0 spiro atoms. The van der Waals surface area contributed by atoms with E-state index < -0.39 is 10.0 Å². The summed E-state index contributed by atoms with van der Waals surface area (Å²) < 4.78 is 26.9. The van der Waals surface area contributed by atoms with Gasteiger partial charge in [0.2, 0.25) is 15.9 Å². The summed E-state index contributed by atoms with van der Waals surface area (Å²) in [6.45, 7) is 3.38. The monoisotopic (exact) mass is 456 g/mol. The molecule has 8 heteroatoms. The summed E-state index contributed by atoms with van der Waals surface area (Å²) >= 11 is 5.02. The number of thioether (sulfide) groups is 1. The van der Waals surface area contributed by atoms with Crippen LogP contribution in [0.1, 0.15) is 18.9 Å². The van der Waals surface area contributed by atoms with Crippen molar-refractivity contribution in [3.8, 4) is 0 Å². The average molecular weight is 457 g/mol. The summed E-state index contributed by atoms with van der Waals surface area (Å²) in [6, 6.07) is 13.1. The molecule has 0 fully saturated rings. The first-order valence-electron chi connectivity index (χ1n) is 8.08. The molecule has 2 aromatic carbocycles. The van der Waals surface area contributed by atoms with E-state index in [1.54, 1.807) is 43.8 Å². The fraction of sp³-hybridized carbons (Fsp3) is 0.278. The Balaban J connectivity index is 1.86. The first-order chi connectivity index (χ1) is 12.3. The maximum atomic E-state index is 12.1. The topological polar surface area (TPSA) is 75.3 Å². The zero-order valence-electron chi connectivity index (χ0n) is 14.6. The van der Waals surface area contributed by atoms with E-state index in [0.717, 1.165) is 14.9 Å². The second-order valence-corrected chi connectivity index (χ2v) is 9.73. The van der Waals surface area contributed by atoms with E-state index in [1.807, 2.05) is 24.3 Å². The summed E-state index contributed by atoms with van der Waals surface area (Å²) in [4.78, 5) is 13.2. The zero-order valence-corrected chi connectivity index (χ0v) is 17.8. The zero-order chi connectivity index (χ0) is 19.2. The van der Waals surface area contributed by atoms with E-state index >= 15 is 0 Å². The van der Waals surface area contributed by atoms with E-state index in [2.05, 4.69) is 26.0 Å². The number of hydrogen-bond donors (Lipinski definition) is 2. The predicted molar refractivity (Wildman–Crippen MR) is 112 cm³/mol. The molecular formula is C18H21BrN2O3S2. The highest BCUT2D eigenvalue weighted by Crippen LogP contribution is 2.23. The normalized spacial score (nSPS) is 11.2. The van der Waals surface area contributed by atoms with Crippen LogP contribution in [0, 0.1) is 6.92 Å². The molecule has 0 saturated carbocycles. The average Bonchev–Trinajstić information content (AvgIpc) is 2.59. The van der Waals surface area contributed by atoms with E-state index in [4.69, 9.17) is 0 Å². The number of halogens is 1. The Kier molecular flexibility index (Phi) is 7.55. The van der Waals surface area contributed by atoms with Gasteiger partial charge in [-0.3, -0.25) is 9.52 Å². The van der Waals surface area contributed by atoms with Crippen LogP contribution >= 0.6 is 27.7 Å². The highest BCUT2D eigenvalue weighted by Gasteiger charge is 2.10. The third kappa shape index (κ3) is 6.66. The van der Waals surface area contributed by atoms with E-state index in [-0.39, 0.29) is 11.7 Å². The van der Waals surface area contributed by atoms with Gasteiger partial charge < -0.3 is 5.32 Å². The van der Waals surface area contributed by atoms with Gasteiger partial charge in [-0.25, -0.2) is 8.42 Å². The summed E-state index contributed by atoms with van der Waals surface area (Å²) in [5, 5.41) is 2.85. The SMILES string of the molecule is CCS(=O)(=O)Nc1ccc(NC(=O)CCSc2ccc(Br)cc2)cc1C. The smallest absolute Gasteiger partial charge is 0.232 e. The fourth-order valence-corrected chi connectivity index (χ4v) is 3.94. The van der Waals surface area contributed by atoms with Crippen molar-refractivity contribution in [2.24, 2.45) is 0 Å². The van der Waals surface area contributed by atoms with Crippen LogP contribution in [0.5, 0.6) is 0 Å². The predicted octanol–water partition coefficient (Wildman–Crippen LogP) is 4.64. The van der Waals surface area contributed by atoms with E-state index in [9.17, 15) is 13.2 Å². The van der Waals surface area contributed by atoms with Crippen LogP contribution in [0.4, 0.5) is 11.4 Å². The lowest BCUT2D eigenvalue weighted by Crippen LogP contribution is -2.16. The second kappa shape index (κ2) is 9.43. The van der Waals surface area contributed by atoms with Crippen molar-refractivity contribution in [1.29, 1.82) is 0 Å². The number of rotatable bonds is 8. The van der Waals surface area contributed by atoms with Crippen LogP contribution in [-0.4, -0.2) is 25.8 Å². The van der Waals surface area contributed by atoms with Gasteiger partial charge in [0.25, 0.3) is 0 Å². The van der Waals surface area contributed by atoms with Crippen molar-refractivity contribution in [3.63, 3.8) is 0 Å². The van der Waals surface area contributed by atoms with Gasteiger partial charge in [0.05, 0.1) is 11.4 Å². The quantitative estimate of drug-likeness (QED) is 0.567. The molecule has 0 aliphatic heterocycles. The minimum absolute atomic E-state index is 0.0148. The van der Waals surface area contributed by atoms with Crippen LogP contribution < -0.4 is 10.0 Å². The molecule has 2 rings (SSSR count). The number of anilines is 2. The molecule has 26 heavy (non-hydrogen) atoms. The highest BCUT2D eigenvalue weighted by molar-refractivity contribution is 9.10. The summed E-state index contributed by atoms with van der Waals surface area (Å²) in [5.41, 5.74) is 1.93. The number of carbonyl (C=O) groups is 1. The van der Waals surface area contributed by atoms with Crippen molar-refractivity contribution in [3.05, 3.63) is 52.5 Å². The molecule has 0 unspecified atom stereocenters. The molecule has 140 valence electrons. The summed E-state index contributed by atoms with van der Waals surface area (Å²) in [6.07, 6.45) is 0.393. The molecule has 0 aromatic heterocycles. The summed E-state index contributed by atoms with van der Waals surface area (Å²) in [5.74, 6) is 0.623. The molecule has 5 nitrogen and oxygen atoms in total. The number of aryl methyl sites for hydroxylation is 1. The van der Waals surface area contributed by atoms with Crippen molar-refractivity contribution in [2.75, 3.05) is 21.5 Å². The molecule has 0 atom stereocenters. The molecule has 0 saturated heterocycles. The van der Waals surface area contributed by atoms with Crippen LogP contribution in [0.2, 0.25) is 0 Å². The standard InChI is InChI=1S/C18H21BrN2O3S2/c1-3-26(23,24)21-17-9-6-15(12-13(17)2)20-18(22)10-11-25-16-7-4-14(19)5-8-16/h4-9,12,21H,3,10-11H2,1-2H3,(H,20,22). The van der Waals surface area contributed by atoms with Gasteiger partial charge in [-0.05, 0) is 61.9 Å². The molecule has 1 amide bonds. The van der Waals surface area contributed by atoms with Crippen molar-refractivity contribution >= 4 is 55.0 Å². The van der Waals surface area contributed by atoms with Crippen molar-refractivity contribution < 1.29 is 13.2 Å². The van der Waals surface area contributed by atoms with Crippen LogP contribution in [0.3, 0.4) is 0 Å². The van der Waals surface area contributed by atoms with Crippen LogP contribution in [0.15, 0.2) is 51.8 Å². The molecule has 2 aromatic rings. The molecule has 0 radical (unpaired) electrons. The summed E-state index contributed by atoms with van der Waals surface area (Å²) in [7, 11) is -3.32. The minimum atomic E-state index is -3.32. The fourth-order valence-electron chi connectivity index (χ4n) is 2.11. The maximum Gasteiger partial charge on any atom is 0.232 e. The van der Waals surface area contributed by atoms with Gasteiger partial charge in [-0.1, -0.05) is 15.9 Å². The van der Waals surface area contributed by atoms with Gasteiger partial charge in [0.15, 0.2) is 0 Å². The van der Waals surface area contributed by atoms with Crippen molar-refractivity contribution in [2.45, 2.75) is 25.2 Å². The Morgan fingerprint density at radius 2 is 1.85 bits per heavy atom. The maximum absolute atomic E-state index is 12.1.